The van der Waals surface area contributed by atoms with Crippen molar-refractivity contribution in [1.29, 1.82) is 0 Å². The summed E-state index contributed by atoms with van der Waals surface area (Å²) >= 11 is 0. The van der Waals surface area contributed by atoms with Gasteiger partial charge in [-0.05, 0) is 42.0 Å². The van der Waals surface area contributed by atoms with E-state index in [2.05, 4.69) is 4.98 Å². The lowest BCUT2D eigenvalue weighted by atomic mass is 10.1. The number of hydrogen-bond acceptors (Lipinski definition) is 5. The molecule has 166 valence electrons. The van der Waals surface area contributed by atoms with Gasteiger partial charge in [-0.2, -0.15) is 13.2 Å². The predicted molar refractivity (Wildman–Crippen MR) is 105 cm³/mol. The number of nitrogens with zero attached hydrogens (tertiary/aromatic N) is 3. The van der Waals surface area contributed by atoms with Gasteiger partial charge in [0.15, 0.2) is 0 Å². The molecule has 1 aliphatic heterocycles. The molecule has 1 aromatic heterocycles. The molecule has 1 saturated heterocycles. The monoisotopic (exact) mass is 467 g/mol. The summed E-state index contributed by atoms with van der Waals surface area (Å²) in [6, 6.07) is 8.46. The normalized spacial score (nSPS) is 15.1. The molecular weight excluding hydrogens is 454 g/mol. The van der Waals surface area contributed by atoms with Crippen LogP contribution in [0.2, 0.25) is 0 Å². The van der Waals surface area contributed by atoms with Crippen LogP contribution in [0.25, 0.3) is 10.9 Å². The lowest BCUT2D eigenvalue weighted by Crippen LogP contribution is -2.33. The van der Waals surface area contributed by atoms with Crippen molar-refractivity contribution in [2.45, 2.75) is 16.9 Å². The number of amides is 3. The summed E-state index contributed by atoms with van der Waals surface area (Å²) in [6.45, 7) is -0.356. The molecule has 0 spiro atoms. The Balaban J connectivity index is 1.60. The zero-order chi connectivity index (χ0) is 23.3. The highest BCUT2D eigenvalue weighted by Gasteiger charge is 2.47. The Hall–Kier alpha value is -3.54. The Kier molecular flexibility index (Phi) is 5.12. The maximum absolute atomic E-state index is 14.0. The molecule has 0 saturated carbocycles. The molecule has 1 aliphatic rings. The SMILES string of the molecule is O=C1CN(Cc2ccnc3c(F)cccc23)C(=O)N1c1ccc(S(=O)(=O)C(F)(F)F)cc1. The predicted octanol–water partition coefficient (Wildman–Crippen LogP) is 3.64. The average Bonchev–Trinajstić information content (AvgIpc) is 3.01. The fraction of sp³-hybridized carbons (Fsp3) is 0.150. The van der Waals surface area contributed by atoms with Crippen LogP contribution in [-0.4, -0.2) is 42.3 Å². The van der Waals surface area contributed by atoms with Crippen LogP contribution in [0.4, 0.5) is 28.0 Å². The molecule has 4 rings (SSSR count). The number of carbonyl (C=O) groups excluding carboxylic acids is 2. The number of halogens is 4. The molecular formula is C20H13F4N3O4S. The minimum absolute atomic E-state index is 0.0376. The fourth-order valence-corrected chi connectivity index (χ4v) is 4.14. The average molecular weight is 467 g/mol. The Labute approximate surface area is 178 Å². The van der Waals surface area contributed by atoms with Gasteiger partial charge >= 0.3 is 11.5 Å². The zero-order valence-corrected chi connectivity index (χ0v) is 16.8. The Morgan fingerprint density at radius 2 is 1.69 bits per heavy atom. The van der Waals surface area contributed by atoms with E-state index in [4.69, 9.17) is 0 Å². The molecule has 0 aliphatic carbocycles. The number of pyridine rings is 1. The van der Waals surface area contributed by atoms with E-state index in [1.54, 1.807) is 12.1 Å². The van der Waals surface area contributed by atoms with Gasteiger partial charge in [0.05, 0.1) is 10.6 Å². The molecule has 3 aromatic rings. The summed E-state index contributed by atoms with van der Waals surface area (Å²) in [4.78, 5) is 30.1. The van der Waals surface area contributed by atoms with Crippen LogP contribution in [-0.2, 0) is 21.2 Å². The van der Waals surface area contributed by atoms with Gasteiger partial charge in [-0.1, -0.05) is 12.1 Å². The number of imide groups is 1. The van der Waals surface area contributed by atoms with Crippen LogP contribution < -0.4 is 4.90 Å². The summed E-state index contributed by atoms with van der Waals surface area (Å²) in [5, 5.41) is 0.466. The number of para-hydroxylation sites is 1. The maximum atomic E-state index is 14.0. The highest BCUT2D eigenvalue weighted by molar-refractivity contribution is 7.92. The minimum atomic E-state index is -5.55. The summed E-state index contributed by atoms with van der Waals surface area (Å²) in [5.74, 6) is -1.19. The third kappa shape index (κ3) is 3.55. The van der Waals surface area contributed by atoms with Crippen molar-refractivity contribution in [3.05, 3.63) is 66.1 Å². The van der Waals surface area contributed by atoms with E-state index in [1.807, 2.05) is 0 Å². The van der Waals surface area contributed by atoms with Crippen LogP contribution in [0.5, 0.6) is 0 Å². The van der Waals surface area contributed by atoms with Gasteiger partial charge in [0.25, 0.3) is 15.7 Å². The van der Waals surface area contributed by atoms with E-state index in [1.165, 1.54) is 23.2 Å². The Morgan fingerprint density at radius 1 is 1.00 bits per heavy atom. The number of sulfone groups is 1. The molecule has 0 atom stereocenters. The van der Waals surface area contributed by atoms with Gasteiger partial charge in [-0.15, -0.1) is 0 Å². The van der Waals surface area contributed by atoms with Crippen molar-refractivity contribution >= 4 is 38.4 Å². The second kappa shape index (κ2) is 7.55. The first kappa shape index (κ1) is 21.7. The number of rotatable bonds is 4. The standard InChI is InChI=1S/C20H13F4N3O4S/c21-16-3-1-2-15-12(8-9-25-18(15)16)10-26-11-17(28)27(19(26)29)13-4-6-14(7-5-13)32(30,31)20(22,23)24/h1-9H,10-11H2. The van der Waals surface area contributed by atoms with Crippen LogP contribution in [0.3, 0.4) is 0 Å². The third-order valence-electron chi connectivity index (χ3n) is 4.92. The van der Waals surface area contributed by atoms with Gasteiger partial charge in [0.1, 0.15) is 17.9 Å². The highest BCUT2D eigenvalue weighted by atomic mass is 32.2. The van der Waals surface area contributed by atoms with Crippen molar-refractivity contribution in [1.82, 2.24) is 9.88 Å². The van der Waals surface area contributed by atoms with E-state index in [9.17, 15) is 35.6 Å². The second-order valence-electron chi connectivity index (χ2n) is 6.92. The lowest BCUT2D eigenvalue weighted by molar-refractivity contribution is -0.116. The summed E-state index contributed by atoms with van der Waals surface area (Å²) < 4.78 is 75.0. The maximum Gasteiger partial charge on any atom is 0.501 e. The van der Waals surface area contributed by atoms with Crippen LogP contribution >= 0.6 is 0 Å². The first-order valence-electron chi connectivity index (χ1n) is 9.06. The number of benzene rings is 2. The molecule has 0 bridgehead atoms. The van der Waals surface area contributed by atoms with Gasteiger partial charge in [0, 0.05) is 18.1 Å². The Bertz CT molecular complexity index is 1340. The number of alkyl halides is 3. The molecule has 1 fully saturated rings. The fourth-order valence-electron chi connectivity index (χ4n) is 3.38. The van der Waals surface area contributed by atoms with Crippen LogP contribution in [0, 0.1) is 5.82 Å². The van der Waals surface area contributed by atoms with Crippen molar-refractivity contribution in [3.63, 3.8) is 0 Å². The molecule has 0 radical (unpaired) electrons. The van der Waals surface area contributed by atoms with E-state index >= 15 is 0 Å². The molecule has 12 heteroatoms. The van der Waals surface area contributed by atoms with E-state index < -0.39 is 38.0 Å². The number of carbonyl (C=O) groups is 2. The van der Waals surface area contributed by atoms with Crippen molar-refractivity contribution in [2.24, 2.45) is 0 Å². The second-order valence-corrected chi connectivity index (χ2v) is 8.86. The number of fused-ring (bicyclic) bond motifs is 1. The Morgan fingerprint density at radius 3 is 2.34 bits per heavy atom. The van der Waals surface area contributed by atoms with Gasteiger partial charge in [0.2, 0.25) is 0 Å². The molecule has 0 unspecified atom stereocenters. The van der Waals surface area contributed by atoms with Crippen LogP contribution in [0.1, 0.15) is 5.56 Å². The quantitative estimate of drug-likeness (QED) is 0.432. The molecule has 3 amide bonds. The number of hydrogen-bond donors (Lipinski definition) is 0. The van der Waals surface area contributed by atoms with Gasteiger partial charge in [-0.25, -0.2) is 22.5 Å². The number of urea groups is 1. The zero-order valence-electron chi connectivity index (χ0n) is 16.0. The smallest absolute Gasteiger partial charge is 0.310 e. The first-order chi connectivity index (χ1) is 15.0. The molecule has 7 nitrogen and oxygen atoms in total. The van der Waals surface area contributed by atoms with E-state index in [0.717, 1.165) is 17.0 Å². The minimum Gasteiger partial charge on any atom is -0.310 e. The highest BCUT2D eigenvalue weighted by Crippen LogP contribution is 2.32. The summed E-state index contributed by atoms with van der Waals surface area (Å²) in [6.07, 6.45) is 1.38. The third-order valence-corrected chi connectivity index (χ3v) is 6.42. The molecule has 2 aromatic carbocycles. The summed E-state index contributed by atoms with van der Waals surface area (Å²) in [7, 11) is -5.55. The lowest BCUT2D eigenvalue weighted by Gasteiger charge is -2.18. The largest absolute Gasteiger partial charge is 0.501 e. The number of anilines is 1. The van der Waals surface area contributed by atoms with Gasteiger partial charge < -0.3 is 4.90 Å². The van der Waals surface area contributed by atoms with Crippen LogP contribution in [0.15, 0.2) is 59.6 Å². The molecule has 0 N–H and O–H groups in total. The molecule has 2 heterocycles. The van der Waals surface area contributed by atoms with Gasteiger partial charge in [-0.3, -0.25) is 9.78 Å². The first-order valence-corrected chi connectivity index (χ1v) is 10.5. The molecule has 32 heavy (non-hydrogen) atoms. The summed E-state index contributed by atoms with van der Waals surface area (Å²) in [5.41, 5.74) is -4.89. The topological polar surface area (TPSA) is 87.7 Å². The van der Waals surface area contributed by atoms with E-state index in [-0.39, 0.29) is 24.3 Å². The van der Waals surface area contributed by atoms with Crippen molar-refractivity contribution < 1.29 is 35.6 Å². The van der Waals surface area contributed by atoms with E-state index in [0.29, 0.717) is 23.1 Å². The van der Waals surface area contributed by atoms with Crippen molar-refractivity contribution in [2.75, 3.05) is 11.4 Å². The van der Waals surface area contributed by atoms with Crippen molar-refractivity contribution in [3.8, 4) is 0 Å². The number of aromatic nitrogens is 1.